The number of ether oxygens (including phenoxy) is 1. The molecule has 1 aliphatic rings. The number of rotatable bonds is 4. The Morgan fingerprint density at radius 2 is 2.18 bits per heavy atom. The monoisotopic (exact) mass is 420 g/mol. The number of aromatic nitrogens is 3. The molecule has 2 unspecified atom stereocenters. The van der Waals surface area contributed by atoms with Crippen LogP contribution in [0.1, 0.15) is 18.7 Å². The molecule has 4 N–H and O–H groups in total. The van der Waals surface area contributed by atoms with E-state index in [2.05, 4.69) is 9.97 Å². The molecule has 9 heteroatoms. The van der Waals surface area contributed by atoms with Gasteiger partial charge in [-0.25, -0.2) is 9.97 Å². The number of anilines is 1. The first-order valence-corrected chi connectivity index (χ1v) is 7.81. The molecule has 1 aliphatic heterocycles. The Bertz CT molecular complexity index is 679. The maximum absolute atomic E-state index is 10.3. The quantitative estimate of drug-likeness (QED) is 0.620. The number of aliphatic hydroxyl groups excluding tert-OH is 2. The molecule has 0 bridgehead atoms. The lowest BCUT2D eigenvalue weighted by Crippen LogP contribution is -2.33. The molecule has 0 amide bonds. The lowest BCUT2D eigenvalue weighted by molar-refractivity contribution is -0.0429. The first-order valence-electron chi connectivity index (χ1n) is 6.93. The molecule has 0 aromatic carbocycles. The van der Waals surface area contributed by atoms with Crippen molar-refractivity contribution in [3.05, 3.63) is 18.1 Å². The number of hydrogen-bond donors (Lipinski definition) is 3. The lowest BCUT2D eigenvalue weighted by atomic mass is 10.1. The third-order valence-corrected chi connectivity index (χ3v) is 4.30. The number of nitrogens with zero attached hydrogens (tertiary/aromatic N) is 3. The number of hydrogen-bond acceptors (Lipinski definition) is 7. The lowest BCUT2D eigenvalue weighted by Gasteiger charge is -2.17. The van der Waals surface area contributed by atoms with Crippen LogP contribution in [-0.4, -0.2) is 49.7 Å². The van der Waals surface area contributed by atoms with Crippen LogP contribution in [0.25, 0.3) is 11.0 Å². The molecule has 3 rings (SSSR count). The Morgan fingerprint density at radius 3 is 2.86 bits per heavy atom. The van der Waals surface area contributed by atoms with Crippen molar-refractivity contribution in [3.8, 4) is 0 Å². The fourth-order valence-electron chi connectivity index (χ4n) is 2.81. The molecule has 2 aromatic heterocycles. The normalized spacial score (nSPS) is 28.5. The summed E-state index contributed by atoms with van der Waals surface area (Å²) in [5, 5.41) is 21.1. The van der Waals surface area contributed by atoms with Gasteiger partial charge in [-0.2, -0.15) is 0 Å². The van der Waals surface area contributed by atoms with E-state index in [1.165, 1.54) is 6.33 Å². The van der Waals surface area contributed by atoms with Gasteiger partial charge in [0.2, 0.25) is 0 Å². The Morgan fingerprint density at radius 1 is 1.41 bits per heavy atom. The number of nitrogen functional groups attached to an aromatic ring is 1. The fourth-order valence-corrected chi connectivity index (χ4v) is 3.16. The topological polar surface area (TPSA) is 116 Å². The third kappa shape index (κ3) is 2.46. The summed E-state index contributed by atoms with van der Waals surface area (Å²) in [7, 11) is 0. The highest BCUT2D eigenvalue weighted by molar-refractivity contribution is 14.1. The molecule has 2 aromatic rings. The van der Waals surface area contributed by atoms with Gasteiger partial charge in [0.1, 0.15) is 59.1 Å². The zero-order chi connectivity index (χ0) is 15.9. The average Bonchev–Trinajstić information content (AvgIpc) is 3.01. The zero-order valence-electron chi connectivity index (χ0n) is 11.9. The van der Waals surface area contributed by atoms with Crippen LogP contribution in [-0.2, 0) is 14.2 Å². The fraction of sp³-hybridized carbons (Fsp3) is 0.538. The van der Waals surface area contributed by atoms with Crippen LogP contribution in [0.2, 0.25) is 0 Å². The molecule has 4 atom stereocenters. The molecule has 0 saturated carbocycles. The van der Waals surface area contributed by atoms with Crippen LogP contribution in [0.3, 0.4) is 0 Å². The molecular formula is C13H17IN4O4. The smallest absolute Gasteiger partial charge is 0.164 e. The van der Waals surface area contributed by atoms with E-state index in [-0.39, 0.29) is 6.61 Å². The second-order valence-electron chi connectivity index (χ2n) is 5.19. The molecule has 0 radical (unpaired) electrons. The summed E-state index contributed by atoms with van der Waals surface area (Å²) in [5.41, 5.74) is 7.49. The van der Waals surface area contributed by atoms with Crippen molar-refractivity contribution in [2.45, 2.75) is 37.9 Å². The van der Waals surface area contributed by atoms with Crippen LogP contribution in [0, 0.1) is 0 Å². The van der Waals surface area contributed by atoms with Gasteiger partial charge in [-0.1, -0.05) is 6.92 Å². The van der Waals surface area contributed by atoms with Crippen LogP contribution >= 0.6 is 23.0 Å². The van der Waals surface area contributed by atoms with Gasteiger partial charge < -0.3 is 28.3 Å². The second-order valence-corrected chi connectivity index (χ2v) is 5.82. The molecule has 0 aliphatic carbocycles. The largest absolute Gasteiger partial charge is 0.387 e. The van der Waals surface area contributed by atoms with E-state index in [4.69, 9.17) is 13.5 Å². The molecular weight excluding hydrogens is 403 g/mol. The van der Waals surface area contributed by atoms with Crippen molar-refractivity contribution in [2.24, 2.45) is 0 Å². The number of nitrogens with two attached hydrogens (primary N) is 1. The highest BCUT2D eigenvalue weighted by Crippen LogP contribution is 2.34. The molecule has 3 heterocycles. The van der Waals surface area contributed by atoms with Gasteiger partial charge in [0.15, 0.2) is 6.23 Å². The van der Waals surface area contributed by atoms with Crippen molar-refractivity contribution >= 4 is 39.9 Å². The first-order chi connectivity index (χ1) is 10.6. The molecule has 120 valence electrons. The van der Waals surface area contributed by atoms with E-state index in [1.54, 1.807) is 27.6 Å². The minimum absolute atomic E-state index is 0.187. The number of halogens is 1. The summed E-state index contributed by atoms with van der Waals surface area (Å²) >= 11 is 1.73. The van der Waals surface area contributed by atoms with Crippen molar-refractivity contribution in [3.63, 3.8) is 0 Å². The highest BCUT2D eigenvalue weighted by atomic mass is 127. The van der Waals surface area contributed by atoms with Gasteiger partial charge in [-0.05, 0) is 12.0 Å². The van der Waals surface area contributed by atoms with E-state index in [1.807, 2.05) is 13.1 Å². The van der Waals surface area contributed by atoms with Crippen LogP contribution in [0.4, 0.5) is 5.82 Å². The van der Waals surface area contributed by atoms with Gasteiger partial charge >= 0.3 is 0 Å². The van der Waals surface area contributed by atoms with Crippen molar-refractivity contribution < 1.29 is 18.0 Å². The van der Waals surface area contributed by atoms with Crippen LogP contribution in [0.15, 0.2) is 12.5 Å². The summed E-state index contributed by atoms with van der Waals surface area (Å²) in [4.78, 5) is 8.27. The Labute approximate surface area is 140 Å². The van der Waals surface area contributed by atoms with E-state index in [0.29, 0.717) is 11.5 Å². The summed E-state index contributed by atoms with van der Waals surface area (Å²) in [6.07, 6.45) is 0.504. The van der Waals surface area contributed by atoms with Crippen molar-refractivity contribution in [1.82, 2.24) is 14.5 Å². The van der Waals surface area contributed by atoms with E-state index < -0.39 is 24.5 Å². The van der Waals surface area contributed by atoms with E-state index in [9.17, 15) is 10.2 Å². The number of fused-ring (bicyclic) bond motifs is 1. The summed E-state index contributed by atoms with van der Waals surface area (Å²) in [5.74, 6) is 0.390. The molecule has 1 fully saturated rings. The molecule has 0 spiro atoms. The number of aryl methyl sites for hydroxylation is 1. The van der Waals surface area contributed by atoms with E-state index in [0.717, 1.165) is 17.4 Å². The SMILES string of the molecule is CCc1cn([C@@H]2O[C@H](COI)C(O)C2O)c2ncnc(N)c12. The zero-order valence-corrected chi connectivity index (χ0v) is 14.0. The van der Waals surface area contributed by atoms with Crippen molar-refractivity contribution in [2.75, 3.05) is 12.3 Å². The predicted octanol–water partition coefficient (Wildman–Crippen LogP) is 0.562. The highest BCUT2D eigenvalue weighted by Gasteiger charge is 2.44. The van der Waals surface area contributed by atoms with Gasteiger partial charge in [0.05, 0.1) is 12.0 Å². The van der Waals surface area contributed by atoms with E-state index >= 15 is 0 Å². The van der Waals surface area contributed by atoms with Crippen LogP contribution < -0.4 is 5.73 Å². The maximum Gasteiger partial charge on any atom is 0.164 e. The minimum atomic E-state index is -1.08. The minimum Gasteiger partial charge on any atom is -0.387 e. The Balaban J connectivity index is 2.05. The molecule has 8 nitrogen and oxygen atoms in total. The first kappa shape index (κ1) is 15.9. The molecule has 22 heavy (non-hydrogen) atoms. The summed E-state index contributed by atoms with van der Waals surface area (Å²) < 4.78 is 12.4. The average molecular weight is 420 g/mol. The summed E-state index contributed by atoms with van der Waals surface area (Å²) in [6.45, 7) is 2.19. The standard InChI is InChI=1S/C13H17IN4O4/c1-2-6-3-18(12-8(6)11(15)16-5-17-12)13-10(20)9(19)7(22-13)4-21-14/h3,5,7,9-10,13,19-20H,2,4H2,1H3,(H2,15,16,17)/t7-,9?,10?,13-/m1/s1. The Kier molecular flexibility index (Phi) is 4.50. The van der Waals surface area contributed by atoms with Gasteiger partial charge in [0.25, 0.3) is 0 Å². The summed E-state index contributed by atoms with van der Waals surface area (Å²) in [6, 6.07) is 0. The second kappa shape index (κ2) is 6.24. The predicted molar refractivity (Wildman–Crippen MR) is 87.2 cm³/mol. The van der Waals surface area contributed by atoms with Gasteiger partial charge in [-0.3, -0.25) is 0 Å². The third-order valence-electron chi connectivity index (χ3n) is 3.94. The van der Waals surface area contributed by atoms with Gasteiger partial charge in [-0.15, -0.1) is 0 Å². The number of aliphatic hydroxyl groups is 2. The molecule has 1 saturated heterocycles. The van der Waals surface area contributed by atoms with Crippen LogP contribution in [0.5, 0.6) is 0 Å². The maximum atomic E-state index is 10.3. The van der Waals surface area contributed by atoms with Crippen molar-refractivity contribution in [1.29, 1.82) is 0 Å². The van der Waals surface area contributed by atoms with Gasteiger partial charge in [0, 0.05) is 6.20 Å². The Hall–Kier alpha value is -1.01.